The molecule has 0 atom stereocenters. The van der Waals surface area contributed by atoms with Crippen molar-refractivity contribution in [3.63, 3.8) is 0 Å². The molecule has 3 N–H and O–H groups in total. The van der Waals surface area contributed by atoms with Crippen LogP contribution in [-0.4, -0.2) is 24.7 Å². The van der Waals surface area contributed by atoms with Crippen LogP contribution in [-0.2, 0) is 23.1 Å². The number of nitrogens with zero attached hydrogens (tertiary/aromatic N) is 2. The Morgan fingerprint density at radius 1 is 1.33 bits per heavy atom. The predicted molar refractivity (Wildman–Crippen MR) is 81.2 cm³/mol. The summed E-state index contributed by atoms with van der Waals surface area (Å²) in [6, 6.07) is 5.23. The molecule has 0 fully saturated rings. The van der Waals surface area contributed by atoms with Gasteiger partial charge in [0.2, 0.25) is 10.0 Å². The molecule has 0 aliphatic heterocycles. The second-order valence-corrected chi connectivity index (χ2v) is 6.72. The first-order valence-electron chi connectivity index (χ1n) is 6.70. The molecule has 7 heteroatoms. The largest absolute Gasteiger partial charge is 0.326 e. The lowest BCUT2D eigenvalue weighted by Crippen LogP contribution is -2.28. The molecule has 0 spiro atoms. The van der Waals surface area contributed by atoms with Gasteiger partial charge in [-0.25, -0.2) is 13.1 Å². The number of aromatic nitrogens is 2. The van der Waals surface area contributed by atoms with Crippen molar-refractivity contribution in [1.29, 1.82) is 0 Å². The summed E-state index contributed by atoms with van der Waals surface area (Å²) in [5, 5.41) is 4.12. The number of hydrogen-bond donors (Lipinski definition) is 2. The highest BCUT2D eigenvalue weighted by molar-refractivity contribution is 7.89. The Balaban J connectivity index is 2.07. The average Bonchev–Trinajstić information content (AvgIpc) is 2.84. The maximum absolute atomic E-state index is 12.3. The van der Waals surface area contributed by atoms with Crippen molar-refractivity contribution < 1.29 is 8.42 Å². The van der Waals surface area contributed by atoms with Crippen molar-refractivity contribution >= 4 is 10.0 Å². The number of nitrogens with one attached hydrogen (secondary N) is 1. The lowest BCUT2D eigenvalue weighted by molar-refractivity contribution is 0.560. The second kappa shape index (κ2) is 6.38. The Morgan fingerprint density at radius 3 is 2.71 bits per heavy atom. The molecular weight excluding hydrogens is 288 g/mol. The third-order valence-electron chi connectivity index (χ3n) is 3.17. The van der Waals surface area contributed by atoms with E-state index in [9.17, 15) is 8.42 Å². The molecule has 114 valence electrons. The molecule has 1 aromatic carbocycles. The molecule has 2 aromatic rings. The summed E-state index contributed by atoms with van der Waals surface area (Å²) in [6.45, 7) is 4.80. The number of benzene rings is 1. The van der Waals surface area contributed by atoms with Crippen LogP contribution in [0.5, 0.6) is 0 Å². The summed E-state index contributed by atoms with van der Waals surface area (Å²) in [4.78, 5) is 0.280. The molecule has 0 radical (unpaired) electrons. The molecular formula is C14H20N4O2S. The van der Waals surface area contributed by atoms with Crippen LogP contribution in [0.2, 0.25) is 0 Å². The number of rotatable bonds is 6. The third kappa shape index (κ3) is 3.90. The summed E-state index contributed by atoms with van der Waals surface area (Å²) in [6.07, 6.45) is 3.61. The van der Waals surface area contributed by atoms with E-state index in [-0.39, 0.29) is 11.4 Å². The van der Waals surface area contributed by atoms with E-state index in [0.717, 1.165) is 11.1 Å². The Labute approximate surface area is 125 Å². The average molecular weight is 308 g/mol. The zero-order valence-electron chi connectivity index (χ0n) is 12.2. The van der Waals surface area contributed by atoms with Crippen LogP contribution in [0.3, 0.4) is 0 Å². The number of sulfonamides is 1. The number of nitrogens with two attached hydrogens (primary N) is 1. The van der Waals surface area contributed by atoms with E-state index in [1.807, 2.05) is 19.2 Å². The van der Waals surface area contributed by atoms with Crippen molar-refractivity contribution in [2.75, 3.05) is 6.54 Å². The first-order chi connectivity index (χ1) is 9.92. The molecule has 0 unspecified atom stereocenters. The lowest BCUT2D eigenvalue weighted by Gasteiger charge is -2.10. The van der Waals surface area contributed by atoms with Crippen LogP contribution < -0.4 is 10.5 Å². The maximum atomic E-state index is 12.3. The Morgan fingerprint density at radius 2 is 2.10 bits per heavy atom. The highest BCUT2D eigenvalue weighted by Gasteiger charge is 2.16. The van der Waals surface area contributed by atoms with Crippen molar-refractivity contribution in [1.82, 2.24) is 14.5 Å². The minimum absolute atomic E-state index is 0.280. The van der Waals surface area contributed by atoms with Gasteiger partial charge < -0.3 is 5.73 Å². The zero-order valence-corrected chi connectivity index (χ0v) is 13.0. The van der Waals surface area contributed by atoms with Gasteiger partial charge in [0, 0.05) is 19.3 Å². The zero-order chi connectivity index (χ0) is 15.5. The highest BCUT2D eigenvalue weighted by atomic mass is 32.2. The van der Waals surface area contributed by atoms with E-state index in [4.69, 9.17) is 5.73 Å². The van der Waals surface area contributed by atoms with Gasteiger partial charge in [-0.05, 0) is 36.6 Å². The molecule has 21 heavy (non-hydrogen) atoms. The van der Waals surface area contributed by atoms with Crippen LogP contribution in [0, 0.1) is 13.8 Å². The fourth-order valence-electron chi connectivity index (χ4n) is 2.02. The van der Waals surface area contributed by atoms with E-state index < -0.39 is 10.0 Å². The Bertz CT molecular complexity index is 722. The SMILES string of the molecule is Cc1cnn(CCNS(=O)(=O)c2cc(CN)ccc2C)c1. The van der Waals surface area contributed by atoms with Crippen LogP contribution in [0.4, 0.5) is 0 Å². The topological polar surface area (TPSA) is 90.0 Å². The minimum atomic E-state index is -3.53. The molecule has 2 rings (SSSR count). The van der Waals surface area contributed by atoms with E-state index in [0.29, 0.717) is 18.7 Å². The highest BCUT2D eigenvalue weighted by Crippen LogP contribution is 2.16. The first-order valence-corrected chi connectivity index (χ1v) is 8.19. The number of hydrogen-bond acceptors (Lipinski definition) is 4. The summed E-state index contributed by atoms with van der Waals surface area (Å²) in [5.74, 6) is 0. The van der Waals surface area contributed by atoms with Gasteiger partial charge in [-0.1, -0.05) is 12.1 Å². The Kier molecular flexibility index (Phi) is 4.76. The van der Waals surface area contributed by atoms with Crippen LogP contribution in [0.25, 0.3) is 0 Å². The molecule has 6 nitrogen and oxygen atoms in total. The van der Waals surface area contributed by atoms with Gasteiger partial charge in [-0.3, -0.25) is 4.68 Å². The molecule has 0 saturated heterocycles. The van der Waals surface area contributed by atoms with Crippen molar-refractivity contribution in [3.05, 3.63) is 47.3 Å². The van der Waals surface area contributed by atoms with Crippen molar-refractivity contribution in [3.8, 4) is 0 Å². The molecule has 1 heterocycles. The van der Waals surface area contributed by atoms with Gasteiger partial charge in [-0.15, -0.1) is 0 Å². The van der Waals surface area contributed by atoms with E-state index in [1.165, 1.54) is 0 Å². The quantitative estimate of drug-likeness (QED) is 0.831. The fraction of sp³-hybridized carbons (Fsp3) is 0.357. The van der Waals surface area contributed by atoms with Crippen LogP contribution in [0.1, 0.15) is 16.7 Å². The fourth-order valence-corrected chi connectivity index (χ4v) is 3.34. The Hall–Kier alpha value is -1.70. The van der Waals surface area contributed by atoms with Gasteiger partial charge in [0.1, 0.15) is 0 Å². The molecule has 0 aliphatic carbocycles. The maximum Gasteiger partial charge on any atom is 0.240 e. The first kappa shape index (κ1) is 15.7. The lowest BCUT2D eigenvalue weighted by atomic mass is 10.1. The molecule has 0 amide bonds. The van der Waals surface area contributed by atoms with Gasteiger partial charge in [-0.2, -0.15) is 5.10 Å². The molecule has 1 aromatic heterocycles. The molecule has 0 bridgehead atoms. The van der Waals surface area contributed by atoms with E-state index in [2.05, 4.69) is 9.82 Å². The standard InChI is InChI=1S/C14H20N4O2S/c1-11-9-16-18(10-11)6-5-17-21(19,20)14-7-13(8-15)4-3-12(14)2/h3-4,7,9-10,17H,5-6,8,15H2,1-2H3. The molecule has 0 aliphatic rings. The number of aryl methyl sites for hydroxylation is 2. The summed E-state index contributed by atoms with van der Waals surface area (Å²) in [5.41, 5.74) is 8.11. The minimum Gasteiger partial charge on any atom is -0.326 e. The third-order valence-corrected chi connectivity index (χ3v) is 4.78. The van der Waals surface area contributed by atoms with Gasteiger partial charge >= 0.3 is 0 Å². The van der Waals surface area contributed by atoms with Crippen molar-refractivity contribution in [2.24, 2.45) is 5.73 Å². The van der Waals surface area contributed by atoms with Crippen molar-refractivity contribution in [2.45, 2.75) is 31.8 Å². The van der Waals surface area contributed by atoms with Gasteiger partial charge in [0.25, 0.3) is 0 Å². The monoisotopic (exact) mass is 308 g/mol. The smallest absolute Gasteiger partial charge is 0.240 e. The van der Waals surface area contributed by atoms with E-state index in [1.54, 1.807) is 29.9 Å². The van der Waals surface area contributed by atoms with Crippen LogP contribution in [0.15, 0.2) is 35.5 Å². The van der Waals surface area contributed by atoms with E-state index >= 15 is 0 Å². The summed E-state index contributed by atoms with van der Waals surface area (Å²) >= 11 is 0. The normalized spacial score (nSPS) is 11.8. The summed E-state index contributed by atoms with van der Waals surface area (Å²) in [7, 11) is -3.53. The molecule has 0 saturated carbocycles. The summed E-state index contributed by atoms with van der Waals surface area (Å²) < 4.78 is 29.0. The predicted octanol–water partition coefficient (Wildman–Crippen LogP) is 0.937. The van der Waals surface area contributed by atoms with Gasteiger partial charge in [0.15, 0.2) is 0 Å². The van der Waals surface area contributed by atoms with Gasteiger partial charge in [0.05, 0.1) is 17.6 Å². The second-order valence-electron chi connectivity index (χ2n) is 4.98. The van der Waals surface area contributed by atoms with Crippen LogP contribution >= 0.6 is 0 Å².